The van der Waals surface area contributed by atoms with E-state index in [0.29, 0.717) is 10.6 Å². The van der Waals surface area contributed by atoms with E-state index < -0.39 is 0 Å². The minimum Gasteiger partial charge on any atom is -0.317 e. The predicted octanol–water partition coefficient (Wildman–Crippen LogP) is 3.52. The molecule has 0 fully saturated rings. The Balaban J connectivity index is 1.83. The first kappa shape index (κ1) is 16.0. The Morgan fingerprint density at radius 1 is 1.33 bits per heavy atom. The minimum atomic E-state index is -0.353. The van der Waals surface area contributed by atoms with Crippen LogP contribution in [0.15, 0.2) is 41.9 Å². The highest BCUT2D eigenvalue weighted by Gasteiger charge is 2.28. The average molecular weight is 337 g/mol. The van der Waals surface area contributed by atoms with Gasteiger partial charge in [-0.1, -0.05) is 24.3 Å². The highest BCUT2D eigenvalue weighted by Crippen LogP contribution is 2.33. The van der Waals surface area contributed by atoms with Crippen molar-refractivity contribution in [2.75, 3.05) is 5.32 Å². The van der Waals surface area contributed by atoms with Crippen LogP contribution in [0, 0.1) is 11.3 Å². The molecule has 0 unspecified atom stereocenters. The zero-order chi connectivity index (χ0) is 17.1. The molecule has 120 valence electrons. The molecule has 1 aromatic heterocycles. The van der Waals surface area contributed by atoms with Crippen LogP contribution in [0.2, 0.25) is 0 Å². The molecule has 1 atom stereocenters. The number of anilines is 1. The van der Waals surface area contributed by atoms with Crippen LogP contribution >= 0.6 is 11.3 Å². The van der Waals surface area contributed by atoms with Crippen molar-refractivity contribution in [2.24, 2.45) is 0 Å². The van der Waals surface area contributed by atoms with E-state index in [1.54, 1.807) is 22.5 Å². The number of fused-ring (bicyclic) bond motifs is 1. The van der Waals surface area contributed by atoms with Crippen LogP contribution < -0.4 is 5.32 Å². The van der Waals surface area contributed by atoms with Gasteiger partial charge in [-0.2, -0.15) is 5.26 Å². The van der Waals surface area contributed by atoms with E-state index in [1.165, 1.54) is 18.3 Å². The van der Waals surface area contributed by atoms with Crippen molar-refractivity contribution in [1.82, 2.24) is 4.90 Å². The summed E-state index contributed by atoms with van der Waals surface area (Å²) in [5.74, 6) is -0.345. The number of nitrogens with zero attached hydrogens (tertiary/aromatic N) is 2. The highest BCUT2D eigenvalue weighted by atomic mass is 32.1. The highest BCUT2D eigenvalue weighted by molar-refractivity contribution is 7.14. The van der Waals surface area contributed by atoms with Gasteiger partial charge in [0.25, 0.3) is 0 Å². The van der Waals surface area contributed by atoms with Gasteiger partial charge >= 0.3 is 0 Å². The molecule has 6 heteroatoms. The first-order chi connectivity index (χ1) is 11.6. The molecule has 24 heavy (non-hydrogen) atoms. The molecule has 0 saturated carbocycles. The Hall–Kier alpha value is -2.91. The van der Waals surface area contributed by atoms with Gasteiger partial charge in [0, 0.05) is 13.1 Å². The Labute approximate surface area is 143 Å². The van der Waals surface area contributed by atoms with Crippen molar-refractivity contribution in [1.29, 1.82) is 5.26 Å². The van der Waals surface area contributed by atoms with Crippen LogP contribution in [-0.2, 0) is 9.59 Å². The predicted molar refractivity (Wildman–Crippen MR) is 93.0 cm³/mol. The maximum Gasteiger partial charge on any atom is 0.227 e. The van der Waals surface area contributed by atoms with Gasteiger partial charge in [0.05, 0.1) is 18.0 Å². The topological polar surface area (TPSA) is 73.2 Å². The quantitative estimate of drug-likeness (QED) is 0.931. The van der Waals surface area contributed by atoms with E-state index in [-0.39, 0.29) is 24.3 Å². The van der Waals surface area contributed by atoms with E-state index in [9.17, 15) is 9.59 Å². The van der Waals surface area contributed by atoms with Gasteiger partial charge in [-0.25, -0.2) is 0 Å². The molecule has 1 N–H and O–H groups in total. The van der Waals surface area contributed by atoms with Gasteiger partial charge in [-0.05, 0) is 28.6 Å². The molecular formula is C18H15N3O2S. The molecule has 2 heterocycles. The summed E-state index contributed by atoms with van der Waals surface area (Å²) in [4.78, 5) is 25.9. The molecular weight excluding hydrogens is 322 g/mol. The Bertz CT molecular complexity index is 863. The first-order valence-corrected chi connectivity index (χ1v) is 8.31. The summed E-state index contributed by atoms with van der Waals surface area (Å²) in [7, 11) is 0. The third kappa shape index (κ3) is 3.07. The van der Waals surface area contributed by atoms with Crippen LogP contribution in [0.1, 0.15) is 36.1 Å². The maximum absolute atomic E-state index is 12.4. The van der Waals surface area contributed by atoms with Gasteiger partial charge in [0.15, 0.2) is 0 Å². The number of nitrogens with one attached hydrogen (secondary N) is 1. The lowest BCUT2D eigenvalue weighted by molar-refractivity contribution is -0.129. The molecule has 2 amide bonds. The largest absolute Gasteiger partial charge is 0.317 e. The molecule has 3 rings (SSSR count). The smallest absolute Gasteiger partial charge is 0.227 e. The summed E-state index contributed by atoms with van der Waals surface area (Å²) in [6, 6.07) is 11.1. The van der Waals surface area contributed by atoms with E-state index >= 15 is 0 Å². The van der Waals surface area contributed by atoms with Crippen molar-refractivity contribution in [3.8, 4) is 6.07 Å². The second kappa shape index (κ2) is 6.69. The fourth-order valence-electron chi connectivity index (χ4n) is 2.76. The molecule has 5 nitrogen and oxygen atoms in total. The monoisotopic (exact) mass is 337 g/mol. The average Bonchev–Trinajstić information content (AvgIpc) is 3.01. The summed E-state index contributed by atoms with van der Waals surface area (Å²) in [5.41, 5.74) is 2.39. The molecule has 1 aliphatic rings. The van der Waals surface area contributed by atoms with Crippen molar-refractivity contribution in [3.05, 3.63) is 58.6 Å². The molecule has 0 bridgehead atoms. The number of nitriles is 1. The van der Waals surface area contributed by atoms with E-state index in [0.717, 1.165) is 11.1 Å². The van der Waals surface area contributed by atoms with Gasteiger partial charge in [0.1, 0.15) is 11.1 Å². The minimum absolute atomic E-state index is 0.118. The van der Waals surface area contributed by atoms with E-state index in [4.69, 9.17) is 5.26 Å². The van der Waals surface area contributed by atoms with E-state index in [2.05, 4.69) is 5.32 Å². The van der Waals surface area contributed by atoms with Gasteiger partial charge < -0.3 is 10.2 Å². The normalized spacial score (nSPS) is 15.5. The van der Waals surface area contributed by atoms with Crippen molar-refractivity contribution in [3.63, 3.8) is 0 Å². The SMILES string of the molecule is CC(=O)N1C=Cc2ccccc2[C@H]1CC(=O)Nc1sccc1C#N. The van der Waals surface area contributed by atoms with Crippen LogP contribution in [0.5, 0.6) is 0 Å². The first-order valence-electron chi connectivity index (χ1n) is 7.43. The second-order valence-electron chi connectivity index (χ2n) is 5.41. The van der Waals surface area contributed by atoms with Crippen LogP contribution in [0.25, 0.3) is 6.08 Å². The maximum atomic E-state index is 12.4. The summed E-state index contributed by atoms with van der Waals surface area (Å²) in [6.07, 6.45) is 3.72. The molecule has 0 radical (unpaired) electrons. The lowest BCUT2D eigenvalue weighted by atomic mass is 9.93. The van der Waals surface area contributed by atoms with Crippen molar-refractivity contribution in [2.45, 2.75) is 19.4 Å². The summed E-state index contributed by atoms with van der Waals surface area (Å²) >= 11 is 1.31. The fraction of sp³-hybridized carbons (Fsp3) is 0.167. The van der Waals surface area contributed by atoms with Gasteiger partial charge in [-0.15, -0.1) is 11.3 Å². The number of amides is 2. The summed E-state index contributed by atoms with van der Waals surface area (Å²) in [6.45, 7) is 1.48. The van der Waals surface area contributed by atoms with Crippen molar-refractivity contribution >= 4 is 34.2 Å². The Morgan fingerprint density at radius 2 is 2.12 bits per heavy atom. The summed E-state index contributed by atoms with van der Waals surface area (Å²) < 4.78 is 0. The number of hydrogen-bond acceptors (Lipinski definition) is 4. The molecule has 0 saturated heterocycles. The Morgan fingerprint density at radius 3 is 2.88 bits per heavy atom. The number of carbonyl (C=O) groups excluding carboxylic acids is 2. The standard InChI is InChI=1S/C18H15N3O2S/c1-12(22)21-8-6-13-4-2-3-5-15(13)16(21)10-17(23)20-18-14(11-19)7-9-24-18/h2-9,16H,10H2,1H3,(H,20,23)/t16-/m1/s1. The van der Waals surface area contributed by atoms with Gasteiger partial charge in [-0.3, -0.25) is 9.59 Å². The number of hydrogen-bond donors (Lipinski definition) is 1. The third-order valence-corrected chi connectivity index (χ3v) is 4.72. The molecule has 1 aliphatic heterocycles. The van der Waals surface area contributed by atoms with Crippen LogP contribution in [0.3, 0.4) is 0 Å². The van der Waals surface area contributed by atoms with Crippen LogP contribution in [0.4, 0.5) is 5.00 Å². The molecule has 0 aliphatic carbocycles. The molecule has 2 aromatic rings. The fourth-order valence-corrected chi connectivity index (χ4v) is 3.51. The number of benzene rings is 1. The Kier molecular flexibility index (Phi) is 4.45. The lowest BCUT2D eigenvalue weighted by Gasteiger charge is -2.32. The van der Waals surface area contributed by atoms with Crippen molar-refractivity contribution < 1.29 is 9.59 Å². The molecule has 1 aromatic carbocycles. The lowest BCUT2D eigenvalue weighted by Crippen LogP contribution is -2.33. The third-order valence-electron chi connectivity index (χ3n) is 3.89. The zero-order valence-corrected chi connectivity index (χ0v) is 13.8. The number of rotatable bonds is 3. The van der Waals surface area contributed by atoms with E-state index in [1.807, 2.05) is 36.4 Å². The number of thiophene rings is 1. The van der Waals surface area contributed by atoms with Crippen LogP contribution in [-0.4, -0.2) is 16.7 Å². The second-order valence-corrected chi connectivity index (χ2v) is 6.33. The van der Waals surface area contributed by atoms with Gasteiger partial charge in [0.2, 0.25) is 11.8 Å². The number of carbonyl (C=O) groups is 2. The molecule has 0 spiro atoms. The zero-order valence-electron chi connectivity index (χ0n) is 13.0. The summed E-state index contributed by atoms with van der Waals surface area (Å²) in [5, 5.41) is 14.1.